The van der Waals surface area contributed by atoms with Crippen LogP contribution in [0.25, 0.3) is 10.4 Å². The number of carbonyl (C=O) groups is 1. The molecule has 0 aliphatic heterocycles. The molecule has 0 bridgehead atoms. The Hall–Kier alpha value is -3.52. The zero-order valence-electron chi connectivity index (χ0n) is 17.7. The van der Waals surface area contributed by atoms with Gasteiger partial charge in [0.05, 0.1) is 21.1 Å². The van der Waals surface area contributed by atoms with E-state index in [0.717, 1.165) is 10.4 Å². The van der Waals surface area contributed by atoms with Crippen LogP contribution in [0.5, 0.6) is 5.75 Å². The fourth-order valence-electron chi connectivity index (χ4n) is 2.95. The summed E-state index contributed by atoms with van der Waals surface area (Å²) in [6.45, 7) is 8.10. The topological polar surface area (TPSA) is 105 Å². The van der Waals surface area contributed by atoms with Crippen molar-refractivity contribution < 1.29 is 14.8 Å². The lowest BCUT2D eigenvalue weighted by atomic mass is 9.86. The predicted octanol–water partition coefficient (Wildman–Crippen LogP) is 5.48. The highest BCUT2D eigenvalue weighted by atomic mass is 32.1. The van der Waals surface area contributed by atoms with E-state index in [4.69, 9.17) is 0 Å². The molecule has 3 aromatic rings. The first-order chi connectivity index (χ1) is 14.6. The number of nitrogens with one attached hydrogen (secondary N) is 1. The standard InChI is InChI=1S/C23H23N3O4S/c1-14(24-25-22(28)16-6-5-7-18(12-16)26(29)30)19-13-31-21(20(19)27)15-8-10-17(11-9-15)23(2,3)4/h5-13,27H,1-4H3,(H,25,28). The molecular formula is C23H23N3O4S. The quantitative estimate of drug-likeness (QED) is 0.313. The SMILES string of the molecule is CC(=NNC(=O)c1cccc([N+](=O)[O-])c1)c1csc(-c2ccc(C(C)(C)C)cc2)c1O. The number of nitro benzene ring substituents is 1. The molecule has 1 aromatic heterocycles. The second-order valence-corrected chi connectivity index (χ2v) is 8.98. The van der Waals surface area contributed by atoms with Gasteiger partial charge in [0.2, 0.25) is 0 Å². The summed E-state index contributed by atoms with van der Waals surface area (Å²) in [4.78, 5) is 23.3. The third-order valence-corrected chi connectivity index (χ3v) is 5.83. The van der Waals surface area contributed by atoms with Gasteiger partial charge in [0.15, 0.2) is 0 Å². The van der Waals surface area contributed by atoms with Gasteiger partial charge in [-0.1, -0.05) is 51.1 Å². The van der Waals surface area contributed by atoms with Crippen LogP contribution in [0, 0.1) is 10.1 Å². The summed E-state index contributed by atoms with van der Waals surface area (Å²) >= 11 is 1.39. The van der Waals surface area contributed by atoms with E-state index in [0.29, 0.717) is 11.3 Å². The number of hydrogen-bond donors (Lipinski definition) is 2. The van der Waals surface area contributed by atoms with Gasteiger partial charge in [-0.25, -0.2) is 5.43 Å². The van der Waals surface area contributed by atoms with Crippen molar-refractivity contribution in [2.45, 2.75) is 33.1 Å². The number of thiophene rings is 1. The summed E-state index contributed by atoms with van der Waals surface area (Å²) in [5, 5.41) is 27.4. The minimum Gasteiger partial charge on any atom is -0.506 e. The van der Waals surface area contributed by atoms with Crippen LogP contribution in [-0.2, 0) is 5.41 Å². The molecule has 3 rings (SSSR count). The second-order valence-electron chi connectivity index (χ2n) is 8.10. The van der Waals surface area contributed by atoms with Crippen LogP contribution in [0.3, 0.4) is 0 Å². The predicted molar refractivity (Wildman–Crippen MR) is 123 cm³/mol. The molecule has 160 valence electrons. The summed E-state index contributed by atoms with van der Waals surface area (Å²) in [5.41, 5.74) is 5.41. The normalized spacial score (nSPS) is 11.9. The molecule has 0 atom stereocenters. The molecule has 0 saturated heterocycles. The Morgan fingerprint density at radius 2 is 1.84 bits per heavy atom. The maximum absolute atomic E-state index is 12.3. The van der Waals surface area contributed by atoms with Crippen LogP contribution < -0.4 is 5.43 Å². The van der Waals surface area contributed by atoms with Crippen LogP contribution >= 0.6 is 11.3 Å². The smallest absolute Gasteiger partial charge is 0.271 e. The Balaban J connectivity index is 1.78. The van der Waals surface area contributed by atoms with Gasteiger partial charge >= 0.3 is 0 Å². The molecule has 0 radical (unpaired) electrons. The zero-order chi connectivity index (χ0) is 22.8. The van der Waals surface area contributed by atoms with Gasteiger partial charge in [-0.15, -0.1) is 11.3 Å². The zero-order valence-corrected chi connectivity index (χ0v) is 18.5. The number of nitro groups is 1. The van der Waals surface area contributed by atoms with E-state index >= 15 is 0 Å². The summed E-state index contributed by atoms with van der Waals surface area (Å²) in [6, 6.07) is 13.5. The number of aromatic hydroxyl groups is 1. The molecule has 8 heteroatoms. The molecule has 2 aromatic carbocycles. The second kappa shape index (κ2) is 8.69. The highest BCUT2D eigenvalue weighted by Crippen LogP contribution is 2.39. The first kappa shape index (κ1) is 22.2. The highest BCUT2D eigenvalue weighted by Gasteiger charge is 2.17. The third kappa shape index (κ3) is 4.97. The third-order valence-electron chi connectivity index (χ3n) is 4.81. The van der Waals surface area contributed by atoms with Crippen molar-refractivity contribution in [3.05, 3.63) is 80.7 Å². The lowest BCUT2D eigenvalue weighted by molar-refractivity contribution is -0.384. The van der Waals surface area contributed by atoms with Gasteiger partial charge in [-0.05, 0) is 29.5 Å². The fourth-order valence-corrected chi connectivity index (χ4v) is 3.97. The average Bonchev–Trinajstić information content (AvgIpc) is 3.12. The molecule has 0 aliphatic rings. The van der Waals surface area contributed by atoms with Crippen molar-refractivity contribution in [3.63, 3.8) is 0 Å². The van der Waals surface area contributed by atoms with Crippen molar-refractivity contribution in [1.29, 1.82) is 0 Å². The molecule has 0 aliphatic carbocycles. The molecule has 0 saturated carbocycles. The summed E-state index contributed by atoms with van der Waals surface area (Å²) < 4.78 is 0. The van der Waals surface area contributed by atoms with E-state index < -0.39 is 10.8 Å². The first-order valence-corrected chi connectivity index (χ1v) is 10.5. The minimum absolute atomic E-state index is 0.0435. The van der Waals surface area contributed by atoms with E-state index in [1.807, 2.05) is 24.3 Å². The lowest BCUT2D eigenvalue weighted by Gasteiger charge is -2.19. The largest absolute Gasteiger partial charge is 0.506 e. The Kier molecular flexibility index (Phi) is 6.21. The van der Waals surface area contributed by atoms with Gasteiger partial charge < -0.3 is 5.11 Å². The molecule has 0 fully saturated rings. The van der Waals surface area contributed by atoms with Crippen molar-refractivity contribution in [2.75, 3.05) is 0 Å². The minimum atomic E-state index is -0.573. The van der Waals surface area contributed by atoms with Crippen LogP contribution in [-0.4, -0.2) is 21.6 Å². The van der Waals surface area contributed by atoms with Crippen molar-refractivity contribution in [2.24, 2.45) is 5.10 Å². The molecule has 0 unspecified atom stereocenters. The Bertz CT molecular complexity index is 1160. The molecule has 31 heavy (non-hydrogen) atoms. The van der Waals surface area contributed by atoms with E-state index in [1.54, 1.807) is 12.3 Å². The van der Waals surface area contributed by atoms with Gasteiger partial charge in [-0.3, -0.25) is 14.9 Å². The van der Waals surface area contributed by atoms with Gasteiger partial charge in [0, 0.05) is 23.1 Å². The summed E-state index contributed by atoms with van der Waals surface area (Å²) in [7, 11) is 0. The first-order valence-electron chi connectivity index (χ1n) is 9.58. The molecule has 2 N–H and O–H groups in total. The Morgan fingerprint density at radius 3 is 2.45 bits per heavy atom. The van der Waals surface area contributed by atoms with Crippen LogP contribution in [0.15, 0.2) is 59.0 Å². The molecule has 1 heterocycles. The van der Waals surface area contributed by atoms with E-state index in [-0.39, 0.29) is 22.4 Å². The molecular weight excluding hydrogens is 414 g/mol. The number of benzene rings is 2. The maximum Gasteiger partial charge on any atom is 0.271 e. The summed E-state index contributed by atoms with van der Waals surface area (Å²) in [5.74, 6) is -0.477. The number of rotatable bonds is 5. The van der Waals surface area contributed by atoms with Crippen LogP contribution in [0.2, 0.25) is 0 Å². The molecule has 0 spiro atoms. The fraction of sp³-hybridized carbons (Fsp3) is 0.217. The molecule has 1 amide bonds. The van der Waals surface area contributed by atoms with Gasteiger partial charge in [-0.2, -0.15) is 5.10 Å². The van der Waals surface area contributed by atoms with Crippen molar-refractivity contribution >= 4 is 28.6 Å². The maximum atomic E-state index is 12.3. The number of nitrogens with zero attached hydrogens (tertiary/aromatic N) is 2. The van der Waals surface area contributed by atoms with Crippen LogP contribution in [0.4, 0.5) is 5.69 Å². The number of non-ortho nitro benzene ring substituents is 1. The monoisotopic (exact) mass is 437 g/mol. The van der Waals surface area contributed by atoms with Crippen molar-refractivity contribution in [1.82, 2.24) is 5.43 Å². The summed E-state index contributed by atoms with van der Waals surface area (Å²) in [6.07, 6.45) is 0. The highest BCUT2D eigenvalue weighted by molar-refractivity contribution is 7.14. The van der Waals surface area contributed by atoms with Gasteiger partial charge in [0.25, 0.3) is 11.6 Å². The molecule has 7 nitrogen and oxygen atoms in total. The van der Waals surface area contributed by atoms with E-state index in [2.05, 4.69) is 31.3 Å². The van der Waals surface area contributed by atoms with Gasteiger partial charge in [0.1, 0.15) is 5.75 Å². The van der Waals surface area contributed by atoms with Crippen molar-refractivity contribution in [3.8, 4) is 16.2 Å². The van der Waals surface area contributed by atoms with E-state index in [1.165, 1.54) is 41.2 Å². The number of carbonyl (C=O) groups excluding carboxylic acids is 1. The number of amides is 1. The average molecular weight is 438 g/mol. The van der Waals surface area contributed by atoms with Crippen LogP contribution in [0.1, 0.15) is 49.2 Å². The Labute approximate surface area is 184 Å². The lowest BCUT2D eigenvalue weighted by Crippen LogP contribution is -2.19. The Morgan fingerprint density at radius 1 is 1.16 bits per heavy atom. The number of hydrazone groups is 1. The number of hydrogen-bond acceptors (Lipinski definition) is 6. The van der Waals surface area contributed by atoms with E-state index in [9.17, 15) is 20.0 Å².